The number of rotatable bonds is 8. The van der Waals surface area contributed by atoms with Crippen molar-refractivity contribution in [1.29, 1.82) is 0 Å². The van der Waals surface area contributed by atoms with E-state index in [2.05, 4.69) is 29.5 Å². The molecule has 0 heterocycles. The van der Waals surface area contributed by atoms with E-state index in [9.17, 15) is 0 Å². The van der Waals surface area contributed by atoms with E-state index < -0.39 is 0 Å². The maximum atomic E-state index is 8.60. The Morgan fingerprint density at radius 3 is 2.68 bits per heavy atom. The molecular weight excluding hydrogens is 242 g/mol. The first-order chi connectivity index (χ1) is 9.21. The Morgan fingerprint density at radius 2 is 2.11 bits per heavy atom. The average Bonchev–Trinajstić information content (AvgIpc) is 2.44. The molecule has 1 aromatic carbocycles. The van der Waals surface area contributed by atoms with Gasteiger partial charge in [0, 0.05) is 26.1 Å². The summed E-state index contributed by atoms with van der Waals surface area (Å²) in [5.41, 5.74) is 7.92. The minimum atomic E-state index is 0.200. The highest BCUT2D eigenvalue weighted by molar-refractivity contribution is 5.80. The molecule has 0 aromatic heterocycles. The topological polar surface area (TPSA) is 79.9 Å². The van der Waals surface area contributed by atoms with Crippen LogP contribution in [0.5, 0.6) is 0 Å². The van der Waals surface area contributed by atoms with Gasteiger partial charge < -0.3 is 21.0 Å². The molecule has 106 valence electrons. The van der Waals surface area contributed by atoms with E-state index in [4.69, 9.17) is 15.7 Å². The van der Waals surface area contributed by atoms with E-state index in [1.165, 1.54) is 11.1 Å². The summed E-state index contributed by atoms with van der Waals surface area (Å²) < 4.78 is 5.18. The van der Waals surface area contributed by atoms with Gasteiger partial charge >= 0.3 is 0 Å². The Bertz CT molecular complexity index is 407. The lowest BCUT2D eigenvalue weighted by atomic mass is 10.1. The molecule has 5 nitrogen and oxygen atoms in total. The zero-order chi connectivity index (χ0) is 14.1. The van der Waals surface area contributed by atoms with Crippen LogP contribution in [0.1, 0.15) is 30.9 Å². The number of hydrogen-bond donors (Lipinski definition) is 3. The van der Waals surface area contributed by atoms with Crippen LogP contribution in [0.3, 0.4) is 0 Å². The highest BCUT2D eigenvalue weighted by Crippen LogP contribution is 2.10. The Morgan fingerprint density at radius 1 is 1.42 bits per heavy atom. The van der Waals surface area contributed by atoms with Crippen molar-refractivity contribution in [1.82, 2.24) is 5.32 Å². The van der Waals surface area contributed by atoms with Crippen molar-refractivity contribution in [2.45, 2.75) is 39.0 Å². The summed E-state index contributed by atoms with van der Waals surface area (Å²) in [4.78, 5) is 0. The van der Waals surface area contributed by atoms with Crippen LogP contribution < -0.4 is 11.1 Å². The molecule has 19 heavy (non-hydrogen) atoms. The second-order valence-corrected chi connectivity index (χ2v) is 4.48. The van der Waals surface area contributed by atoms with Crippen molar-refractivity contribution in [2.24, 2.45) is 10.9 Å². The van der Waals surface area contributed by atoms with Crippen molar-refractivity contribution >= 4 is 5.84 Å². The number of amidine groups is 1. The quantitative estimate of drug-likeness (QED) is 0.290. The van der Waals surface area contributed by atoms with Gasteiger partial charge in [0.05, 0.1) is 6.61 Å². The zero-order valence-electron chi connectivity index (χ0n) is 11.6. The van der Waals surface area contributed by atoms with Gasteiger partial charge in [-0.05, 0) is 17.5 Å². The summed E-state index contributed by atoms with van der Waals surface area (Å²) in [6, 6.07) is 8.36. The molecule has 0 aliphatic carbocycles. The van der Waals surface area contributed by atoms with Crippen molar-refractivity contribution in [3.8, 4) is 0 Å². The fourth-order valence-electron chi connectivity index (χ4n) is 1.93. The van der Waals surface area contributed by atoms with Gasteiger partial charge in [0.2, 0.25) is 0 Å². The first-order valence-corrected chi connectivity index (χ1v) is 6.46. The molecule has 0 amide bonds. The van der Waals surface area contributed by atoms with E-state index in [0.717, 1.165) is 13.0 Å². The first kappa shape index (κ1) is 15.5. The minimum Gasteiger partial charge on any atom is -0.409 e. The lowest BCUT2D eigenvalue weighted by Crippen LogP contribution is -2.33. The summed E-state index contributed by atoms with van der Waals surface area (Å²) in [5.74, 6) is 0.254. The van der Waals surface area contributed by atoms with Crippen molar-refractivity contribution in [2.75, 3.05) is 7.11 Å². The minimum absolute atomic E-state index is 0.200. The van der Waals surface area contributed by atoms with Gasteiger partial charge in [-0.25, -0.2) is 0 Å². The fourth-order valence-corrected chi connectivity index (χ4v) is 1.93. The molecule has 0 saturated carbocycles. The maximum absolute atomic E-state index is 8.60. The lowest BCUT2D eigenvalue weighted by molar-refractivity contribution is 0.184. The summed E-state index contributed by atoms with van der Waals surface area (Å²) in [5, 5.41) is 15.0. The van der Waals surface area contributed by atoms with Gasteiger partial charge in [0.25, 0.3) is 0 Å². The smallest absolute Gasteiger partial charge is 0.140 e. The number of nitrogens with one attached hydrogen (secondary N) is 1. The number of nitrogens with two attached hydrogens (primary N) is 1. The van der Waals surface area contributed by atoms with Crippen LogP contribution in [0.15, 0.2) is 29.4 Å². The number of hydrogen-bond acceptors (Lipinski definition) is 4. The first-order valence-electron chi connectivity index (χ1n) is 6.46. The SMILES string of the molecule is CCC(CC(N)=NO)NCc1ccccc1COC. The van der Waals surface area contributed by atoms with E-state index in [1.54, 1.807) is 7.11 Å². The Balaban J connectivity index is 2.59. The van der Waals surface area contributed by atoms with Crippen LogP contribution in [0.2, 0.25) is 0 Å². The number of methoxy groups -OCH3 is 1. The molecule has 0 fully saturated rings. The van der Waals surface area contributed by atoms with Crippen molar-refractivity contribution in [3.63, 3.8) is 0 Å². The predicted molar refractivity (Wildman–Crippen MR) is 76.1 cm³/mol. The standard InChI is InChI=1S/C14H23N3O2/c1-3-13(8-14(15)17-18)16-9-11-6-4-5-7-12(11)10-19-2/h4-7,13,16,18H,3,8-10H2,1-2H3,(H2,15,17). The summed E-state index contributed by atoms with van der Waals surface area (Å²) >= 11 is 0. The van der Waals surface area contributed by atoms with Crippen molar-refractivity contribution < 1.29 is 9.94 Å². The molecule has 5 heteroatoms. The van der Waals surface area contributed by atoms with Gasteiger partial charge in [-0.2, -0.15) is 0 Å². The van der Waals surface area contributed by atoms with Crippen LogP contribution in [-0.4, -0.2) is 24.2 Å². The van der Waals surface area contributed by atoms with Gasteiger partial charge in [0.15, 0.2) is 0 Å². The van der Waals surface area contributed by atoms with E-state index in [0.29, 0.717) is 13.0 Å². The third-order valence-electron chi connectivity index (χ3n) is 3.08. The van der Waals surface area contributed by atoms with Crippen LogP contribution in [0.4, 0.5) is 0 Å². The predicted octanol–water partition coefficient (Wildman–Crippen LogP) is 1.84. The molecule has 0 saturated heterocycles. The maximum Gasteiger partial charge on any atom is 0.140 e. The number of ether oxygens (including phenoxy) is 1. The van der Waals surface area contributed by atoms with Gasteiger partial charge in [-0.3, -0.25) is 0 Å². The molecule has 1 unspecified atom stereocenters. The Labute approximate surface area is 114 Å². The zero-order valence-corrected chi connectivity index (χ0v) is 11.6. The molecule has 1 atom stereocenters. The largest absolute Gasteiger partial charge is 0.409 e. The molecular formula is C14H23N3O2. The fraction of sp³-hybridized carbons (Fsp3) is 0.500. The molecule has 1 aromatic rings. The molecule has 0 spiro atoms. The van der Waals surface area contributed by atoms with E-state index in [-0.39, 0.29) is 11.9 Å². The molecule has 0 aliphatic rings. The van der Waals surface area contributed by atoms with Crippen LogP contribution in [0.25, 0.3) is 0 Å². The lowest BCUT2D eigenvalue weighted by Gasteiger charge is -2.17. The monoisotopic (exact) mass is 265 g/mol. The molecule has 0 radical (unpaired) electrons. The Hall–Kier alpha value is -1.59. The van der Waals surface area contributed by atoms with Gasteiger partial charge in [-0.15, -0.1) is 0 Å². The van der Waals surface area contributed by atoms with E-state index >= 15 is 0 Å². The molecule has 0 bridgehead atoms. The van der Waals surface area contributed by atoms with Gasteiger partial charge in [-0.1, -0.05) is 36.3 Å². The average molecular weight is 265 g/mol. The van der Waals surface area contributed by atoms with Crippen LogP contribution in [-0.2, 0) is 17.9 Å². The summed E-state index contributed by atoms with van der Waals surface area (Å²) in [6.07, 6.45) is 1.46. The third kappa shape index (κ3) is 5.28. The molecule has 1 rings (SSSR count). The summed E-state index contributed by atoms with van der Waals surface area (Å²) in [6.45, 7) is 3.43. The second kappa shape index (κ2) is 8.50. The second-order valence-electron chi connectivity index (χ2n) is 4.48. The van der Waals surface area contributed by atoms with Crippen molar-refractivity contribution in [3.05, 3.63) is 35.4 Å². The summed E-state index contributed by atoms with van der Waals surface area (Å²) in [7, 11) is 1.69. The van der Waals surface area contributed by atoms with E-state index in [1.807, 2.05) is 12.1 Å². The third-order valence-corrected chi connectivity index (χ3v) is 3.08. The number of benzene rings is 1. The van der Waals surface area contributed by atoms with Gasteiger partial charge in [0.1, 0.15) is 5.84 Å². The Kier molecular flexibility index (Phi) is 6.92. The number of oxime groups is 1. The normalized spacial score (nSPS) is 13.5. The molecule has 4 N–H and O–H groups in total. The van der Waals surface area contributed by atoms with Crippen LogP contribution in [0, 0.1) is 0 Å². The molecule has 0 aliphatic heterocycles. The highest BCUT2D eigenvalue weighted by atomic mass is 16.5. The van der Waals surface area contributed by atoms with Crippen LogP contribution >= 0.6 is 0 Å². The number of nitrogens with zero attached hydrogens (tertiary/aromatic N) is 1. The highest BCUT2D eigenvalue weighted by Gasteiger charge is 2.09.